The fourth-order valence-electron chi connectivity index (χ4n) is 3.14. The molecule has 0 N–H and O–H groups in total. The van der Waals surface area contributed by atoms with Gasteiger partial charge >= 0.3 is 5.97 Å². The van der Waals surface area contributed by atoms with Crippen LogP contribution < -0.4 is 5.56 Å². The summed E-state index contributed by atoms with van der Waals surface area (Å²) in [5, 5.41) is 1.84. The lowest BCUT2D eigenvalue weighted by atomic mass is 9.86. The number of esters is 1. The first-order valence-electron chi connectivity index (χ1n) is 8.36. The Kier molecular flexibility index (Phi) is 5.94. The van der Waals surface area contributed by atoms with Gasteiger partial charge in [0.15, 0.2) is 4.96 Å². The average Bonchev–Trinajstić information content (AvgIpc) is 3.05. The van der Waals surface area contributed by atoms with Gasteiger partial charge in [0.05, 0.1) is 11.4 Å². The number of ether oxygens (including phenoxy) is 1. The second-order valence-electron chi connectivity index (χ2n) is 6.23. The van der Waals surface area contributed by atoms with Gasteiger partial charge in [0.1, 0.15) is 6.10 Å². The molecule has 1 aliphatic carbocycles. The van der Waals surface area contributed by atoms with E-state index in [4.69, 9.17) is 4.74 Å². The van der Waals surface area contributed by atoms with Crippen molar-refractivity contribution < 1.29 is 9.53 Å². The number of hydrogen-bond acceptors (Lipinski definition) is 6. The van der Waals surface area contributed by atoms with Crippen LogP contribution in [0.5, 0.6) is 0 Å². The van der Waals surface area contributed by atoms with Gasteiger partial charge in [-0.15, -0.1) is 23.1 Å². The highest BCUT2D eigenvalue weighted by Crippen LogP contribution is 2.28. The fourth-order valence-corrected chi connectivity index (χ4v) is 4.57. The zero-order valence-corrected chi connectivity index (χ0v) is 15.4. The van der Waals surface area contributed by atoms with Crippen LogP contribution in [-0.2, 0) is 15.3 Å². The van der Waals surface area contributed by atoms with Crippen LogP contribution in [0.4, 0.5) is 0 Å². The first-order chi connectivity index (χ1) is 11.6. The minimum atomic E-state index is -0.174. The number of rotatable bonds is 6. The van der Waals surface area contributed by atoms with Gasteiger partial charge in [-0.1, -0.05) is 19.3 Å². The highest BCUT2D eigenvalue weighted by Gasteiger charge is 2.23. The minimum absolute atomic E-state index is 0.00337. The van der Waals surface area contributed by atoms with E-state index in [9.17, 15) is 9.59 Å². The van der Waals surface area contributed by atoms with Gasteiger partial charge in [-0.05, 0) is 25.7 Å². The summed E-state index contributed by atoms with van der Waals surface area (Å²) in [6.45, 7) is 2.01. The maximum Gasteiger partial charge on any atom is 0.316 e. The molecule has 3 rings (SSSR count). The van der Waals surface area contributed by atoms with Crippen molar-refractivity contribution in [3.63, 3.8) is 0 Å². The van der Waals surface area contributed by atoms with Crippen LogP contribution in [0.15, 0.2) is 22.4 Å². The molecule has 0 aromatic carbocycles. The third-order valence-corrected chi connectivity index (χ3v) is 6.15. The molecule has 0 saturated heterocycles. The van der Waals surface area contributed by atoms with Crippen molar-refractivity contribution >= 4 is 34.0 Å². The van der Waals surface area contributed by atoms with E-state index in [0.717, 1.165) is 12.8 Å². The number of aromatic nitrogens is 2. The topological polar surface area (TPSA) is 60.7 Å². The maximum atomic E-state index is 12.0. The Morgan fingerprint density at radius 1 is 1.46 bits per heavy atom. The van der Waals surface area contributed by atoms with Crippen molar-refractivity contribution in [2.75, 3.05) is 5.75 Å². The van der Waals surface area contributed by atoms with Crippen LogP contribution in [0.1, 0.15) is 44.7 Å². The first-order valence-corrected chi connectivity index (χ1v) is 10.4. The van der Waals surface area contributed by atoms with E-state index in [0.29, 0.717) is 28.1 Å². The Morgan fingerprint density at radius 3 is 3.04 bits per heavy atom. The Balaban J connectivity index is 1.46. The number of carbonyl (C=O) groups is 1. The molecule has 2 aromatic rings. The minimum Gasteiger partial charge on any atom is -0.462 e. The third kappa shape index (κ3) is 4.39. The van der Waals surface area contributed by atoms with Crippen LogP contribution in [0.3, 0.4) is 0 Å². The molecule has 1 saturated carbocycles. The second kappa shape index (κ2) is 8.16. The van der Waals surface area contributed by atoms with Gasteiger partial charge in [-0.2, -0.15) is 0 Å². The molecule has 24 heavy (non-hydrogen) atoms. The van der Waals surface area contributed by atoms with E-state index in [1.807, 2.05) is 12.3 Å². The van der Waals surface area contributed by atoms with E-state index in [1.54, 1.807) is 6.20 Å². The zero-order valence-electron chi connectivity index (χ0n) is 13.8. The molecule has 1 fully saturated rings. The Bertz CT molecular complexity index is 750. The molecule has 7 heteroatoms. The van der Waals surface area contributed by atoms with Gasteiger partial charge in [-0.3, -0.25) is 14.0 Å². The SMILES string of the molecule is C[C@@H](OC(=O)CSCc1cc(=O)n2ccsc2n1)C1CCCCC1. The van der Waals surface area contributed by atoms with Crippen LogP contribution in [-0.4, -0.2) is 27.2 Å². The van der Waals surface area contributed by atoms with Crippen molar-refractivity contribution in [3.05, 3.63) is 33.7 Å². The van der Waals surface area contributed by atoms with Crippen molar-refractivity contribution in [2.24, 2.45) is 5.92 Å². The van der Waals surface area contributed by atoms with Crippen molar-refractivity contribution in [3.8, 4) is 0 Å². The summed E-state index contributed by atoms with van der Waals surface area (Å²) in [7, 11) is 0. The maximum absolute atomic E-state index is 12.0. The quantitative estimate of drug-likeness (QED) is 0.732. The Labute approximate surface area is 149 Å². The standard InChI is InChI=1S/C17H22N2O3S2/c1-12(13-5-3-2-4-6-13)22-16(21)11-23-10-14-9-15(20)19-7-8-24-17(19)18-14/h7-9,12-13H,2-6,10-11H2,1H3/t12-/m1/s1. The molecule has 1 atom stereocenters. The molecule has 0 spiro atoms. The van der Waals surface area contributed by atoms with E-state index in [1.165, 1.54) is 52.8 Å². The van der Waals surface area contributed by atoms with E-state index < -0.39 is 0 Å². The number of thiazole rings is 1. The summed E-state index contributed by atoms with van der Waals surface area (Å²) in [6.07, 6.45) is 7.84. The Hall–Kier alpha value is -1.34. The number of fused-ring (bicyclic) bond motifs is 1. The monoisotopic (exact) mass is 366 g/mol. The molecule has 0 bridgehead atoms. The highest BCUT2D eigenvalue weighted by atomic mass is 32.2. The number of hydrogen-bond donors (Lipinski definition) is 0. The van der Waals surface area contributed by atoms with Crippen LogP contribution in [0.2, 0.25) is 0 Å². The summed E-state index contributed by atoms with van der Waals surface area (Å²) in [5.74, 6) is 1.17. The van der Waals surface area contributed by atoms with Crippen molar-refractivity contribution in [1.82, 2.24) is 9.38 Å². The van der Waals surface area contributed by atoms with E-state index >= 15 is 0 Å². The number of nitrogens with zero attached hydrogens (tertiary/aromatic N) is 2. The lowest BCUT2D eigenvalue weighted by Gasteiger charge is -2.27. The molecule has 0 unspecified atom stereocenters. The molecule has 1 aliphatic rings. The second-order valence-corrected chi connectivity index (χ2v) is 8.09. The highest BCUT2D eigenvalue weighted by molar-refractivity contribution is 7.99. The molecule has 2 heterocycles. The summed E-state index contributed by atoms with van der Waals surface area (Å²) < 4.78 is 7.09. The van der Waals surface area contributed by atoms with Gasteiger partial charge in [0.2, 0.25) is 0 Å². The molecule has 0 radical (unpaired) electrons. The average molecular weight is 367 g/mol. The molecule has 0 amide bonds. The summed E-state index contributed by atoms with van der Waals surface area (Å²) in [4.78, 5) is 29.0. The Morgan fingerprint density at radius 2 is 2.25 bits per heavy atom. The predicted molar refractivity (Wildman–Crippen MR) is 97.6 cm³/mol. The van der Waals surface area contributed by atoms with Crippen LogP contribution in [0.25, 0.3) is 4.96 Å². The molecular formula is C17H22N2O3S2. The van der Waals surface area contributed by atoms with Crippen LogP contribution >= 0.6 is 23.1 Å². The predicted octanol–water partition coefficient (Wildman–Crippen LogP) is 3.50. The first kappa shape index (κ1) is 17.5. The zero-order chi connectivity index (χ0) is 16.9. The number of thioether (sulfide) groups is 1. The van der Waals surface area contributed by atoms with E-state index in [-0.39, 0.29) is 17.6 Å². The van der Waals surface area contributed by atoms with Gasteiger partial charge in [0, 0.05) is 23.4 Å². The molecule has 130 valence electrons. The third-order valence-electron chi connectivity index (χ3n) is 4.46. The summed E-state index contributed by atoms with van der Waals surface area (Å²) in [5.41, 5.74) is 0.630. The lowest BCUT2D eigenvalue weighted by molar-refractivity contribution is -0.148. The lowest BCUT2D eigenvalue weighted by Crippen LogP contribution is -2.26. The smallest absolute Gasteiger partial charge is 0.316 e. The molecule has 0 aliphatic heterocycles. The van der Waals surface area contributed by atoms with Crippen molar-refractivity contribution in [2.45, 2.75) is 50.9 Å². The molecule has 2 aromatic heterocycles. The summed E-state index contributed by atoms with van der Waals surface area (Å²) in [6, 6.07) is 1.53. The van der Waals surface area contributed by atoms with Crippen LogP contribution in [0, 0.1) is 5.92 Å². The van der Waals surface area contributed by atoms with Gasteiger partial charge < -0.3 is 4.74 Å². The molecule has 5 nitrogen and oxygen atoms in total. The molecular weight excluding hydrogens is 344 g/mol. The normalized spacial score (nSPS) is 17.0. The fraction of sp³-hybridized carbons (Fsp3) is 0.588. The number of carbonyl (C=O) groups excluding carboxylic acids is 1. The van der Waals surface area contributed by atoms with Gasteiger partial charge in [-0.25, -0.2) is 4.98 Å². The summed E-state index contributed by atoms with van der Waals surface area (Å²) >= 11 is 2.87. The van der Waals surface area contributed by atoms with Gasteiger partial charge in [0.25, 0.3) is 5.56 Å². The van der Waals surface area contributed by atoms with Crippen molar-refractivity contribution in [1.29, 1.82) is 0 Å². The largest absolute Gasteiger partial charge is 0.462 e. The van der Waals surface area contributed by atoms with E-state index in [2.05, 4.69) is 4.98 Å².